The Kier molecular flexibility index (Phi) is 8.41. The van der Waals surface area contributed by atoms with Crippen molar-refractivity contribution in [3.05, 3.63) is 23.3 Å². The number of carbonyl (C=O) groups is 1. The average molecular weight is 308 g/mol. The molecule has 22 heavy (non-hydrogen) atoms. The summed E-state index contributed by atoms with van der Waals surface area (Å²) < 4.78 is 4.66. The van der Waals surface area contributed by atoms with E-state index in [9.17, 15) is 9.90 Å². The molecule has 0 aromatic heterocycles. The zero-order valence-electron chi connectivity index (χ0n) is 13.7. The Bertz CT molecular complexity index is 468. The molecule has 0 bridgehead atoms. The summed E-state index contributed by atoms with van der Waals surface area (Å²) in [6.07, 6.45) is 8.44. The maximum absolute atomic E-state index is 10.7. The van der Waals surface area contributed by atoms with Crippen LogP contribution >= 0.6 is 0 Å². The van der Waals surface area contributed by atoms with Crippen molar-refractivity contribution in [2.24, 2.45) is 0 Å². The molecule has 0 unspecified atom stereocenters. The largest absolute Gasteiger partial charge is 0.511 e. The third-order valence-corrected chi connectivity index (χ3v) is 3.83. The van der Waals surface area contributed by atoms with Crippen LogP contribution in [0.25, 0.3) is 0 Å². The summed E-state index contributed by atoms with van der Waals surface area (Å²) in [7, 11) is 0. The van der Waals surface area contributed by atoms with Gasteiger partial charge in [0.15, 0.2) is 11.5 Å². The molecule has 1 aromatic rings. The van der Waals surface area contributed by atoms with E-state index in [4.69, 9.17) is 5.11 Å². The van der Waals surface area contributed by atoms with E-state index in [1.165, 1.54) is 19.3 Å². The average Bonchev–Trinajstić information content (AvgIpc) is 2.47. The van der Waals surface area contributed by atoms with E-state index >= 15 is 0 Å². The molecule has 4 nitrogen and oxygen atoms in total. The first-order valence-electron chi connectivity index (χ1n) is 8.34. The summed E-state index contributed by atoms with van der Waals surface area (Å²) in [5, 5.41) is 18.7. The van der Waals surface area contributed by atoms with E-state index in [1.807, 2.05) is 0 Å². The summed E-state index contributed by atoms with van der Waals surface area (Å²) >= 11 is 0. The van der Waals surface area contributed by atoms with Crippen molar-refractivity contribution in [3.63, 3.8) is 0 Å². The van der Waals surface area contributed by atoms with Crippen molar-refractivity contribution >= 4 is 6.16 Å². The minimum Gasteiger partial charge on any atom is -0.504 e. The predicted octanol–water partition coefficient (Wildman–Crippen LogP) is 5.30. The lowest BCUT2D eigenvalue weighted by Crippen LogP contribution is -2.05. The van der Waals surface area contributed by atoms with Crippen molar-refractivity contribution in [3.8, 4) is 11.5 Å². The standard InChI is InChI=1S/C18H28O4/c1-3-5-7-9-11-15-13-17(22-18(20)21)16(19)12-14(15)10-8-6-4-2/h12-13,19H,3-11H2,1-2H3,(H,20,21). The van der Waals surface area contributed by atoms with Crippen molar-refractivity contribution in [1.82, 2.24) is 0 Å². The molecule has 0 aliphatic heterocycles. The van der Waals surface area contributed by atoms with Gasteiger partial charge in [-0.1, -0.05) is 46.0 Å². The fourth-order valence-corrected chi connectivity index (χ4v) is 2.60. The second kappa shape index (κ2) is 10.1. The zero-order valence-corrected chi connectivity index (χ0v) is 13.7. The molecule has 0 spiro atoms. The molecule has 1 aromatic carbocycles. The predicted molar refractivity (Wildman–Crippen MR) is 87.8 cm³/mol. The van der Waals surface area contributed by atoms with Gasteiger partial charge in [0.05, 0.1) is 0 Å². The molecule has 0 aliphatic rings. The Morgan fingerprint density at radius 2 is 1.50 bits per heavy atom. The van der Waals surface area contributed by atoms with Gasteiger partial charge in [-0.25, -0.2) is 4.79 Å². The van der Waals surface area contributed by atoms with Gasteiger partial charge in [-0.15, -0.1) is 0 Å². The number of rotatable bonds is 10. The minimum atomic E-state index is -1.40. The fraction of sp³-hybridized carbons (Fsp3) is 0.611. The number of phenolic OH excluding ortho intramolecular Hbond substituents is 1. The first kappa shape index (κ1) is 18.3. The molecule has 2 N–H and O–H groups in total. The number of aryl methyl sites for hydroxylation is 2. The number of phenols is 1. The van der Waals surface area contributed by atoms with E-state index < -0.39 is 6.16 Å². The highest BCUT2D eigenvalue weighted by atomic mass is 16.7. The smallest absolute Gasteiger partial charge is 0.504 e. The maximum atomic E-state index is 10.7. The van der Waals surface area contributed by atoms with Gasteiger partial charge in [0.2, 0.25) is 0 Å². The number of aromatic hydroxyl groups is 1. The zero-order chi connectivity index (χ0) is 16.4. The van der Waals surface area contributed by atoms with Crippen molar-refractivity contribution in [2.75, 3.05) is 0 Å². The van der Waals surface area contributed by atoms with Crippen LogP contribution in [-0.2, 0) is 12.8 Å². The van der Waals surface area contributed by atoms with E-state index in [2.05, 4.69) is 18.6 Å². The van der Waals surface area contributed by atoms with Gasteiger partial charge in [0.25, 0.3) is 0 Å². The van der Waals surface area contributed by atoms with Crippen LogP contribution in [0.5, 0.6) is 11.5 Å². The van der Waals surface area contributed by atoms with Crippen LogP contribution in [0.15, 0.2) is 12.1 Å². The molecule has 0 amide bonds. The number of benzene rings is 1. The van der Waals surface area contributed by atoms with E-state index in [0.717, 1.165) is 49.7 Å². The second-order valence-electron chi connectivity index (χ2n) is 5.72. The summed E-state index contributed by atoms with van der Waals surface area (Å²) in [6.45, 7) is 4.34. The molecule has 124 valence electrons. The van der Waals surface area contributed by atoms with Crippen LogP contribution in [0, 0.1) is 0 Å². The molecular weight excluding hydrogens is 280 g/mol. The second-order valence-corrected chi connectivity index (χ2v) is 5.72. The van der Waals surface area contributed by atoms with Gasteiger partial charge in [0, 0.05) is 0 Å². The topological polar surface area (TPSA) is 66.8 Å². The van der Waals surface area contributed by atoms with Gasteiger partial charge in [-0.2, -0.15) is 0 Å². The highest BCUT2D eigenvalue weighted by Crippen LogP contribution is 2.31. The highest BCUT2D eigenvalue weighted by Gasteiger charge is 2.13. The third kappa shape index (κ3) is 6.37. The number of hydrogen-bond donors (Lipinski definition) is 2. The van der Waals surface area contributed by atoms with Crippen LogP contribution < -0.4 is 4.74 Å². The molecular formula is C18H28O4. The Hall–Kier alpha value is -1.71. The van der Waals surface area contributed by atoms with Crippen LogP contribution in [0.4, 0.5) is 4.79 Å². The van der Waals surface area contributed by atoms with E-state index in [1.54, 1.807) is 12.1 Å². The Balaban J connectivity index is 2.86. The van der Waals surface area contributed by atoms with Crippen LogP contribution in [0.1, 0.15) is 69.9 Å². The molecule has 0 saturated heterocycles. The first-order valence-corrected chi connectivity index (χ1v) is 8.34. The minimum absolute atomic E-state index is 0.0391. The molecule has 0 atom stereocenters. The Morgan fingerprint density at radius 3 is 2.09 bits per heavy atom. The summed E-state index contributed by atoms with van der Waals surface area (Å²) in [5.41, 5.74) is 2.21. The van der Waals surface area contributed by atoms with Crippen molar-refractivity contribution < 1.29 is 19.7 Å². The van der Waals surface area contributed by atoms with Gasteiger partial charge in [-0.3, -0.25) is 0 Å². The lowest BCUT2D eigenvalue weighted by atomic mass is 9.96. The monoisotopic (exact) mass is 308 g/mol. The first-order chi connectivity index (χ1) is 10.6. The number of unbranched alkanes of at least 4 members (excludes halogenated alkanes) is 5. The number of hydrogen-bond acceptors (Lipinski definition) is 3. The summed E-state index contributed by atoms with van der Waals surface area (Å²) in [6, 6.07) is 3.36. The lowest BCUT2D eigenvalue weighted by molar-refractivity contribution is 0.143. The summed E-state index contributed by atoms with van der Waals surface area (Å²) in [4.78, 5) is 10.7. The van der Waals surface area contributed by atoms with Crippen LogP contribution in [-0.4, -0.2) is 16.4 Å². The number of carboxylic acid groups (broad SMARTS) is 1. The molecule has 0 aliphatic carbocycles. The SMILES string of the molecule is CCCCCCc1cc(OC(=O)O)c(O)cc1CCCCC. The highest BCUT2D eigenvalue weighted by molar-refractivity contribution is 5.63. The van der Waals surface area contributed by atoms with Gasteiger partial charge < -0.3 is 14.9 Å². The maximum Gasteiger partial charge on any atom is 0.511 e. The Labute approximate surface area is 133 Å². The molecule has 1 rings (SSSR count). The quantitative estimate of drug-likeness (QED) is 0.349. The fourth-order valence-electron chi connectivity index (χ4n) is 2.60. The van der Waals surface area contributed by atoms with Gasteiger partial charge in [-0.05, 0) is 48.9 Å². The summed E-state index contributed by atoms with van der Waals surface area (Å²) in [5.74, 6) is -0.0524. The van der Waals surface area contributed by atoms with E-state index in [0.29, 0.717) is 0 Å². The van der Waals surface area contributed by atoms with Crippen molar-refractivity contribution in [2.45, 2.75) is 71.6 Å². The molecule has 0 fully saturated rings. The molecule has 0 saturated carbocycles. The third-order valence-electron chi connectivity index (χ3n) is 3.83. The van der Waals surface area contributed by atoms with Crippen LogP contribution in [0.3, 0.4) is 0 Å². The van der Waals surface area contributed by atoms with Gasteiger partial charge in [0.1, 0.15) is 0 Å². The molecule has 0 heterocycles. The lowest BCUT2D eigenvalue weighted by Gasteiger charge is -2.13. The normalized spacial score (nSPS) is 10.6. The molecule has 4 heteroatoms. The van der Waals surface area contributed by atoms with Crippen molar-refractivity contribution in [1.29, 1.82) is 0 Å². The molecule has 0 radical (unpaired) electrons. The number of ether oxygens (including phenoxy) is 1. The van der Waals surface area contributed by atoms with E-state index in [-0.39, 0.29) is 11.5 Å². The Morgan fingerprint density at radius 1 is 0.955 bits per heavy atom. The van der Waals surface area contributed by atoms with Gasteiger partial charge >= 0.3 is 6.16 Å². The van der Waals surface area contributed by atoms with Crippen LogP contribution in [0.2, 0.25) is 0 Å².